The third-order valence-corrected chi connectivity index (χ3v) is 10.7. The van der Waals surface area contributed by atoms with Crippen LogP contribution in [0.3, 0.4) is 0 Å². The van der Waals surface area contributed by atoms with Gasteiger partial charge in [0, 0.05) is 6.42 Å². The standard InChI is InChI=1S/C39H76N2O9/c1-2-3-4-5-6-7-8-9-10-14-17-20-23-32(43)35(45)31(29-49-39-38(48)37(47)36(46)33(28-42)50-39)41-34(44)24-21-18-15-12-11-13-16-19-22-30-25-26-40-27-30/h30-33,35-40,42-43,45-48H,2-29H2,1H3,(H,41,44)/t30?,31-,32+,33+,35-,36-,37-,38+,39-/m0/s1. The molecule has 0 bridgehead atoms. The van der Waals surface area contributed by atoms with Gasteiger partial charge >= 0.3 is 0 Å². The van der Waals surface area contributed by atoms with Gasteiger partial charge in [-0.2, -0.15) is 0 Å². The summed E-state index contributed by atoms with van der Waals surface area (Å²) >= 11 is 0. The second-order valence-electron chi connectivity index (χ2n) is 15.2. The van der Waals surface area contributed by atoms with Crippen LogP contribution in [-0.2, 0) is 14.3 Å². The van der Waals surface area contributed by atoms with E-state index in [1.807, 2.05) is 0 Å². The number of hydrogen-bond donors (Lipinski definition) is 8. The van der Waals surface area contributed by atoms with Gasteiger partial charge in [0.05, 0.1) is 25.4 Å². The Bertz CT molecular complexity index is 816. The summed E-state index contributed by atoms with van der Waals surface area (Å²) in [6.45, 7) is 3.69. The molecule has 0 aromatic heterocycles. The lowest BCUT2D eigenvalue weighted by atomic mass is 9.98. The molecule has 2 saturated heterocycles. The molecule has 2 aliphatic heterocycles. The second kappa shape index (κ2) is 28.6. The van der Waals surface area contributed by atoms with Gasteiger partial charge in [-0.3, -0.25) is 4.79 Å². The zero-order valence-corrected chi connectivity index (χ0v) is 31.4. The first-order chi connectivity index (χ1) is 24.3. The van der Waals surface area contributed by atoms with Crippen molar-refractivity contribution in [1.82, 2.24) is 10.6 Å². The van der Waals surface area contributed by atoms with Crippen LogP contribution in [0.4, 0.5) is 0 Å². The summed E-state index contributed by atoms with van der Waals surface area (Å²) in [7, 11) is 0. The number of rotatable bonds is 31. The lowest BCUT2D eigenvalue weighted by molar-refractivity contribution is -0.303. The average Bonchev–Trinajstić information content (AvgIpc) is 3.64. The van der Waals surface area contributed by atoms with Crippen molar-refractivity contribution < 1.29 is 44.9 Å². The van der Waals surface area contributed by atoms with E-state index < -0.39 is 55.6 Å². The van der Waals surface area contributed by atoms with Crippen LogP contribution >= 0.6 is 0 Å². The zero-order chi connectivity index (χ0) is 36.4. The molecule has 11 heteroatoms. The summed E-state index contributed by atoms with van der Waals surface area (Å²) in [6.07, 6.45) is 17.0. The quantitative estimate of drug-likeness (QED) is 0.0472. The SMILES string of the molecule is CCCCCCCCCCCCCC[C@@H](O)[C@@H](O)[C@H](CO[C@H]1O[C@H](CO)[C@H](O)[C@H](O)[C@H]1O)NC(=O)CCCCCCCCCCC1CCNC1. The molecule has 2 rings (SSSR count). The van der Waals surface area contributed by atoms with Gasteiger partial charge in [-0.15, -0.1) is 0 Å². The number of nitrogens with one attached hydrogen (secondary N) is 2. The Morgan fingerprint density at radius 3 is 1.90 bits per heavy atom. The smallest absolute Gasteiger partial charge is 0.220 e. The van der Waals surface area contributed by atoms with Gasteiger partial charge in [0.25, 0.3) is 0 Å². The number of unbranched alkanes of at least 4 members (excludes halogenated alkanes) is 18. The second-order valence-corrected chi connectivity index (χ2v) is 15.2. The van der Waals surface area contributed by atoms with Gasteiger partial charge in [-0.1, -0.05) is 129 Å². The van der Waals surface area contributed by atoms with E-state index in [0.29, 0.717) is 6.42 Å². The van der Waals surface area contributed by atoms with Crippen LogP contribution in [0.25, 0.3) is 0 Å². The highest BCUT2D eigenvalue weighted by molar-refractivity contribution is 5.76. The topological polar surface area (TPSA) is 181 Å². The minimum atomic E-state index is -1.60. The summed E-state index contributed by atoms with van der Waals surface area (Å²) in [4.78, 5) is 12.9. The van der Waals surface area contributed by atoms with Crippen molar-refractivity contribution in [3.8, 4) is 0 Å². The summed E-state index contributed by atoms with van der Waals surface area (Å²) < 4.78 is 11.1. The van der Waals surface area contributed by atoms with Gasteiger partial charge in [-0.05, 0) is 44.7 Å². The van der Waals surface area contributed by atoms with E-state index in [4.69, 9.17) is 9.47 Å². The van der Waals surface area contributed by atoms with Crippen LogP contribution in [-0.4, -0.2) is 112 Å². The molecule has 0 saturated carbocycles. The fourth-order valence-electron chi connectivity index (χ4n) is 7.28. The Balaban J connectivity index is 1.71. The first-order valence-corrected chi connectivity index (χ1v) is 20.6. The molecule has 1 amide bonds. The fraction of sp³-hybridized carbons (Fsp3) is 0.974. The highest BCUT2D eigenvalue weighted by Crippen LogP contribution is 2.23. The molecule has 11 nitrogen and oxygen atoms in total. The molecule has 50 heavy (non-hydrogen) atoms. The zero-order valence-electron chi connectivity index (χ0n) is 31.4. The van der Waals surface area contributed by atoms with Crippen LogP contribution in [0.2, 0.25) is 0 Å². The number of carbonyl (C=O) groups is 1. The van der Waals surface area contributed by atoms with Gasteiger partial charge in [0.2, 0.25) is 5.91 Å². The first-order valence-electron chi connectivity index (χ1n) is 20.6. The minimum Gasteiger partial charge on any atom is -0.394 e. The molecular weight excluding hydrogens is 640 g/mol. The molecule has 0 aromatic carbocycles. The van der Waals surface area contributed by atoms with E-state index in [-0.39, 0.29) is 18.9 Å². The van der Waals surface area contributed by atoms with E-state index in [2.05, 4.69) is 17.6 Å². The summed E-state index contributed by atoms with van der Waals surface area (Å²) in [5.74, 6) is 0.606. The molecule has 8 N–H and O–H groups in total. The molecule has 0 aliphatic carbocycles. The Kier molecular flexibility index (Phi) is 25.9. The van der Waals surface area contributed by atoms with Crippen LogP contribution in [0.1, 0.15) is 161 Å². The summed E-state index contributed by atoms with van der Waals surface area (Å²) in [5, 5.41) is 68.3. The molecule has 2 aliphatic rings. The Morgan fingerprint density at radius 1 is 0.780 bits per heavy atom. The van der Waals surface area contributed by atoms with Crippen molar-refractivity contribution in [1.29, 1.82) is 0 Å². The predicted octanol–water partition coefficient (Wildman–Crippen LogP) is 4.61. The largest absolute Gasteiger partial charge is 0.394 e. The van der Waals surface area contributed by atoms with Crippen molar-refractivity contribution in [2.75, 3.05) is 26.3 Å². The lowest BCUT2D eigenvalue weighted by Crippen LogP contribution is -2.60. The maximum Gasteiger partial charge on any atom is 0.220 e. The third-order valence-electron chi connectivity index (χ3n) is 10.7. The van der Waals surface area contributed by atoms with Crippen molar-refractivity contribution in [3.05, 3.63) is 0 Å². The monoisotopic (exact) mass is 717 g/mol. The summed E-state index contributed by atoms with van der Waals surface area (Å²) in [5.41, 5.74) is 0. The maximum absolute atomic E-state index is 12.9. The van der Waals surface area contributed by atoms with Crippen LogP contribution < -0.4 is 10.6 Å². The number of hydrogen-bond acceptors (Lipinski definition) is 10. The molecule has 0 radical (unpaired) electrons. The molecular formula is C39H76N2O9. The van der Waals surface area contributed by atoms with Crippen molar-refractivity contribution in [2.45, 2.75) is 210 Å². The van der Waals surface area contributed by atoms with Gasteiger partial charge < -0.3 is 50.7 Å². The van der Waals surface area contributed by atoms with E-state index in [0.717, 1.165) is 57.3 Å². The van der Waals surface area contributed by atoms with Gasteiger partial charge in [0.1, 0.15) is 30.5 Å². The number of ether oxygens (including phenoxy) is 2. The molecule has 2 heterocycles. The highest BCUT2D eigenvalue weighted by Gasteiger charge is 2.44. The van der Waals surface area contributed by atoms with Gasteiger partial charge in [-0.25, -0.2) is 0 Å². The molecule has 0 aromatic rings. The van der Waals surface area contributed by atoms with Gasteiger partial charge in [0.15, 0.2) is 6.29 Å². The maximum atomic E-state index is 12.9. The number of amides is 1. The van der Waals surface area contributed by atoms with Crippen molar-refractivity contribution in [2.24, 2.45) is 5.92 Å². The number of carbonyl (C=O) groups excluding carboxylic acids is 1. The highest BCUT2D eigenvalue weighted by atomic mass is 16.7. The molecule has 9 atom stereocenters. The van der Waals surface area contributed by atoms with Crippen molar-refractivity contribution >= 4 is 5.91 Å². The minimum absolute atomic E-state index is 0.259. The average molecular weight is 717 g/mol. The Labute approximate surface area is 303 Å². The number of aliphatic hydroxyl groups is 6. The first kappa shape index (κ1) is 45.3. The van der Waals surface area contributed by atoms with Crippen LogP contribution in [0, 0.1) is 5.92 Å². The van der Waals surface area contributed by atoms with E-state index >= 15 is 0 Å². The van der Waals surface area contributed by atoms with Crippen molar-refractivity contribution in [3.63, 3.8) is 0 Å². The summed E-state index contributed by atoms with van der Waals surface area (Å²) in [6, 6.07) is -0.984. The fourth-order valence-corrected chi connectivity index (χ4v) is 7.28. The molecule has 1 unspecified atom stereocenters. The third kappa shape index (κ3) is 19.3. The normalized spacial score (nSPS) is 25.8. The Hall–Kier alpha value is -0.890. The molecule has 0 spiro atoms. The molecule has 296 valence electrons. The molecule has 2 fully saturated rings. The van der Waals surface area contributed by atoms with E-state index in [9.17, 15) is 35.4 Å². The van der Waals surface area contributed by atoms with E-state index in [1.165, 1.54) is 103 Å². The van der Waals surface area contributed by atoms with E-state index in [1.54, 1.807) is 0 Å². The predicted molar refractivity (Wildman–Crippen MR) is 197 cm³/mol. The van der Waals surface area contributed by atoms with Crippen LogP contribution in [0.15, 0.2) is 0 Å². The van der Waals surface area contributed by atoms with Crippen LogP contribution in [0.5, 0.6) is 0 Å². The Morgan fingerprint density at radius 2 is 1.34 bits per heavy atom. The lowest BCUT2D eigenvalue weighted by Gasteiger charge is -2.40. The number of aliphatic hydroxyl groups excluding tert-OH is 6.